The van der Waals surface area contributed by atoms with E-state index in [-0.39, 0.29) is 6.04 Å². The molecular formula is C12H18N2O3. The molecule has 5 heteroatoms. The summed E-state index contributed by atoms with van der Waals surface area (Å²) in [6.07, 6.45) is 4.57. The predicted molar refractivity (Wildman–Crippen MR) is 62.0 cm³/mol. The molecule has 0 spiro atoms. The van der Waals surface area contributed by atoms with Gasteiger partial charge in [-0.3, -0.25) is 9.48 Å². The van der Waals surface area contributed by atoms with Crippen molar-refractivity contribution >= 4 is 5.97 Å². The van der Waals surface area contributed by atoms with Gasteiger partial charge in [-0.15, -0.1) is 0 Å². The Morgan fingerprint density at radius 2 is 2.18 bits per heavy atom. The zero-order valence-corrected chi connectivity index (χ0v) is 10.2. The molecule has 0 amide bonds. The number of carboxylic acids is 1. The monoisotopic (exact) mass is 238 g/mol. The molecule has 1 N–H and O–H groups in total. The maximum absolute atomic E-state index is 11.6. The van der Waals surface area contributed by atoms with Crippen molar-refractivity contribution in [3.05, 3.63) is 18.0 Å². The Morgan fingerprint density at radius 3 is 2.65 bits per heavy atom. The van der Waals surface area contributed by atoms with Gasteiger partial charge in [0.05, 0.1) is 6.20 Å². The number of carboxylic acid groups (broad SMARTS) is 1. The van der Waals surface area contributed by atoms with E-state index < -0.39 is 11.4 Å². The van der Waals surface area contributed by atoms with E-state index in [9.17, 15) is 9.90 Å². The van der Waals surface area contributed by atoms with Gasteiger partial charge in [-0.05, 0) is 26.7 Å². The number of ether oxygens (including phenoxy) is 1. The van der Waals surface area contributed by atoms with Gasteiger partial charge >= 0.3 is 5.97 Å². The molecule has 94 valence electrons. The first-order chi connectivity index (χ1) is 8.06. The number of aromatic nitrogens is 2. The van der Waals surface area contributed by atoms with Crippen molar-refractivity contribution in [3.8, 4) is 0 Å². The Labute approximate surface area is 100 Å². The molecule has 0 aliphatic carbocycles. The van der Waals surface area contributed by atoms with E-state index in [1.807, 2.05) is 20.0 Å². The van der Waals surface area contributed by atoms with Gasteiger partial charge in [-0.2, -0.15) is 5.10 Å². The molecule has 1 aromatic heterocycles. The average molecular weight is 238 g/mol. The molecule has 0 unspecified atom stereocenters. The number of hydrogen-bond donors (Lipinski definition) is 1. The summed E-state index contributed by atoms with van der Waals surface area (Å²) in [5.74, 6) is -0.774. The van der Waals surface area contributed by atoms with E-state index in [1.54, 1.807) is 10.9 Å². The van der Waals surface area contributed by atoms with Crippen LogP contribution in [-0.2, 0) is 14.9 Å². The quantitative estimate of drug-likeness (QED) is 0.868. The first-order valence-electron chi connectivity index (χ1n) is 5.92. The van der Waals surface area contributed by atoms with Crippen LogP contribution in [0.15, 0.2) is 12.4 Å². The Kier molecular flexibility index (Phi) is 3.19. The number of nitrogens with zero attached hydrogens (tertiary/aromatic N) is 2. The summed E-state index contributed by atoms with van der Waals surface area (Å²) in [6.45, 7) is 5.04. The predicted octanol–water partition coefficient (Wildman–Crippen LogP) is 1.60. The normalized spacial score (nSPS) is 19.5. The van der Waals surface area contributed by atoms with Crippen LogP contribution in [0.25, 0.3) is 0 Å². The van der Waals surface area contributed by atoms with Crippen molar-refractivity contribution in [3.63, 3.8) is 0 Å². The Balaban J connectivity index is 2.35. The highest BCUT2D eigenvalue weighted by molar-refractivity contribution is 5.81. The lowest BCUT2D eigenvalue weighted by Gasteiger charge is -2.32. The van der Waals surface area contributed by atoms with Crippen molar-refractivity contribution < 1.29 is 14.6 Å². The molecule has 0 radical (unpaired) electrons. The standard InChI is InChI=1S/C12H18N2O3/c1-9(2)14-8-10(7-13-14)12(11(15)16)3-5-17-6-4-12/h7-9H,3-6H2,1-2H3,(H,15,16). The third-order valence-corrected chi connectivity index (χ3v) is 3.44. The highest BCUT2D eigenvalue weighted by atomic mass is 16.5. The molecule has 5 nitrogen and oxygen atoms in total. The second-order valence-electron chi connectivity index (χ2n) is 4.80. The second-order valence-corrected chi connectivity index (χ2v) is 4.80. The fourth-order valence-corrected chi connectivity index (χ4v) is 2.21. The van der Waals surface area contributed by atoms with Crippen LogP contribution in [0.5, 0.6) is 0 Å². The molecule has 0 aromatic carbocycles. The summed E-state index contributed by atoms with van der Waals surface area (Å²) in [7, 11) is 0. The van der Waals surface area contributed by atoms with Crippen LogP contribution < -0.4 is 0 Å². The van der Waals surface area contributed by atoms with E-state index >= 15 is 0 Å². The van der Waals surface area contributed by atoms with Crippen LogP contribution in [0.1, 0.15) is 38.3 Å². The first-order valence-corrected chi connectivity index (χ1v) is 5.92. The van der Waals surface area contributed by atoms with Gasteiger partial charge in [0.25, 0.3) is 0 Å². The van der Waals surface area contributed by atoms with Gasteiger partial charge < -0.3 is 9.84 Å². The molecule has 1 saturated heterocycles. The van der Waals surface area contributed by atoms with Crippen molar-refractivity contribution in [1.82, 2.24) is 9.78 Å². The minimum atomic E-state index is -0.814. The smallest absolute Gasteiger partial charge is 0.314 e. The Bertz CT molecular complexity index is 406. The number of aliphatic carboxylic acids is 1. The lowest BCUT2D eigenvalue weighted by molar-refractivity contribution is -0.147. The molecule has 2 rings (SSSR count). The summed E-state index contributed by atoms with van der Waals surface area (Å²) in [6, 6.07) is 0.245. The van der Waals surface area contributed by atoms with Crippen molar-refractivity contribution in [2.24, 2.45) is 0 Å². The van der Waals surface area contributed by atoms with E-state index in [4.69, 9.17) is 4.74 Å². The molecule has 0 saturated carbocycles. The van der Waals surface area contributed by atoms with E-state index in [0.717, 1.165) is 5.56 Å². The molecular weight excluding hydrogens is 220 g/mol. The largest absolute Gasteiger partial charge is 0.481 e. The highest BCUT2D eigenvalue weighted by Crippen LogP contribution is 2.35. The third-order valence-electron chi connectivity index (χ3n) is 3.44. The SMILES string of the molecule is CC(C)n1cc(C2(C(=O)O)CCOCC2)cn1. The zero-order chi connectivity index (χ0) is 12.5. The first kappa shape index (κ1) is 12.1. The zero-order valence-electron chi connectivity index (χ0n) is 10.2. The van der Waals surface area contributed by atoms with Gasteiger partial charge in [0.1, 0.15) is 5.41 Å². The van der Waals surface area contributed by atoms with Crippen LogP contribution in [0.3, 0.4) is 0 Å². The van der Waals surface area contributed by atoms with Gasteiger partial charge in [0.15, 0.2) is 0 Å². The lowest BCUT2D eigenvalue weighted by atomic mass is 9.75. The number of rotatable bonds is 3. The van der Waals surface area contributed by atoms with E-state index in [0.29, 0.717) is 26.1 Å². The number of hydrogen-bond acceptors (Lipinski definition) is 3. The summed E-state index contributed by atoms with van der Waals surface area (Å²) in [5.41, 5.74) is -0.0206. The van der Waals surface area contributed by atoms with Crippen molar-refractivity contribution in [2.45, 2.75) is 38.1 Å². The van der Waals surface area contributed by atoms with Gasteiger partial charge in [0.2, 0.25) is 0 Å². The summed E-state index contributed by atoms with van der Waals surface area (Å²) in [5, 5.41) is 13.7. The molecule has 0 atom stereocenters. The van der Waals surface area contributed by atoms with Crippen LogP contribution >= 0.6 is 0 Å². The average Bonchev–Trinajstić information content (AvgIpc) is 2.79. The molecule has 1 aromatic rings. The molecule has 2 heterocycles. The van der Waals surface area contributed by atoms with Gasteiger partial charge in [-0.25, -0.2) is 0 Å². The van der Waals surface area contributed by atoms with Crippen LogP contribution in [-0.4, -0.2) is 34.1 Å². The fourth-order valence-electron chi connectivity index (χ4n) is 2.21. The van der Waals surface area contributed by atoms with Crippen LogP contribution in [0, 0.1) is 0 Å². The van der Waals surface area contributed by atoms with Crippen LogP contribution in [0.2, 0.25) is 0 Å². The maximum Gasteiger partial charge on any atom is 0.314 e. The molecule has 1 aliphatic rings. The molecule has 1 fully saturated rings. The minimum absolute atomic E-state index is 0.245. The lowest BCUT2D eigenvalue weighted by Crippen LogP contribution is -2.41. The number of carbonyl (C=O) groups is 1. The fraction of sp³-hybridized carbons (Fsp3) is 0.667. The minimum Gasteiger partial charge on any atom is -0.481 e. The van der Waals surface area contributed by atoms with Crippen molar-refractivity contribution in [1.29, 1.82) is 0 Å². The summed E-state index contributed by atoms with van der Waals surface area (Å²) >= 11 is 0. The summed E-state index contributed by atoms with van der Waals surface area (Å²) in [4.78, 5) is 11.6. The third kappa shape index (κ3) is 2.07. The second kappa shape index (κ2) is 4.49. The molecule has 0 bridgehead atoms. The molecule has 1 aliphatic heterocycles. The molecule has 17 heavy (non-hydrogen) atoms. The Hall–Kier alpha value is -1.36. The van der Waals surface area contributed by atoms with E-state index in [1.165, 1.54) is 0 Å². The topological polar surface area (TPSA) is 64.4 Å². The van der Waals surface area contributed by atoms with Gasteiger partial charge in [0, 0.05) is 31.0 Å². The van der Waals surface area contributed by atoms with Crippen molar-refractivity contribution in [2.75, 3.05) is 13.2 Å². The summed E-state index contributed by atoms with van der Waals surface area (Å²) < 4.78 is 7.06. The highest BCUT2D eigenvalue weighted by Gasteiger charge is 2.42. The van der Waals surface area contributed by atoms with E-state index in [2.05, 4.69) is 5.10 Å². The van der Waals surface area contributed by atoms with Crippen LogP contribution in [0.4, 0.5) is 0 Å². The Morgan fingerprint density at radius 1 is 1.53 bits per heavy atom. The van der Waals surface area contributed by atoms with Gasteiger partial charge in [-0.1, -0.05) is 0 Å². The maximum atomic E-state index is 11.6.